The zero-order valence-electron chi connectivity index (χ0n) is 39.2. The van der Waals surface area contributed by atoms with Gasteiger partial charge in [-0.1, -0.05) is 118 Å². The van der Waals surface area contributed by atoms with Crippen molar-refractivity contribution in [2.24, 2.45) is 11.8 Å². The highest BCUT2D eigenvalue weighted by Crippen LogP contribution is 2.47. The number of aliphatic hydroxyl groups is 1. The van der Waals surface area contributed by atoms with E-state index in [-0.39, 0.29) is 23.8 Å². The van der Waals surface area contributed by atoms with Crippen LogP contribution in [0, 0.1) is 23.2 Å². The van der Waals surface area contributed by atoms with Crippen molar-refractivity contribution in [1.82, 2.24) is 15.2 Å². The van der Waals surface area contributed by atoms with Gasteiger partial charge in [-0.3, -0.25) is 9.59 Å². The first kappa shape index (κ1) is 49.4. The Balaban J connectivity index is 0.000000276. The third-order valence-corrected chi connectivity index (χ3v) is 19.1. The Labute approximate surface area is 366 Å². The molecule has 0 aliphatic heterocycles. The number of carbonyl (C=O) groups is 3. The average molecular weight is 855 g/mol. The average Bonchev–Trinajstić information content (AvgIpc) is 3.67. The zero-order valence-corrected chi connectivity index (χ0v) is 40.2. The molecule has 1 unspecified atom stereocenters. The second kappa shape index (κ2) is 19.9. The maximum atomic E-state index is 13.6. The maximum absolute atomic E-state index is 13.6. The third kappa shape index (κ3) is 11.6. The number of carbonyl (C=O) groups excluding carboxylic acids is 2. The van der Waals surface area contributed by atoms with Gasteiger partial charge < -0.3 is 29.8 Å². The van der Waals surface area contributed by atoms with Gasteiger partial charge in [0.2, 0.25) is 20.1 Å². The fourth-order valence-corrected chi connectivity index (χ4v) is 16.2. The highest BCUT2D eigenvalue weighted by Gasteiger charge is 2.49. The fraction of sp³-hybridized carbons (Fsp3) is 0.600. The minimum atomic E-state index is -2.07. The van der Waals surface area contributed by atoms with Crippen LogP contribution in [0.4, 0.5) is 0 Å². The molecule has 0 spiro atoms. The third-order valence-electron chi connectivity index (χ3n) is 12.8. The molecule has 3 aromatic rings. The van der Waals surface area contributed by atoms with Gasteiger partial charge in [0.25, 0.3) is 0 Å². The Morgan fingerprint density at radius 3 is 2.10 bits per heavy atom. The lowest BCUT2D eigenvalue weighted by Gasteiger charge is -2.47. The molecule has 1 aromatic heterocycles. The normalized spacial score (nSPS) is 19.9. The number of nitrogens with one attached hydrogen (secondary N) is 2. The zero-order chi connectivity index (χ0) is 45.7. The molecule has 4 N–H and O–H groups in total. The van der Waals surface area contributed by atoms with E-state index >= 15 is 0 Å². The molecule has 0 radical (unpaired) electrons. The number of benzene rings is 2. The molecule has 1 heterocycles. The Hall–Kier alpha value is -4.24. The van der Waals surface area contributed by atoms with Gasteiger partial charge in [-0.05, 0) is 105 Å². The van der Waals surface area contributed by atoms with Crippen molar-refractivity contribution in [2.75, 3.05) is 0 Å². The van der Waals surface area contributed by atoms with E-state index in [4.69, 9.17) is 4.43 Å². The molecule has 2 amide bonds. The SMILES string of the molecule is CC(C)C[C@@H](C#N)NC(=O)[C@@H]1CCCC[C@@H]1NC(=O)C1=Cc2ccccc2C1(C)CC(C)(C)O.CC(C)[Si](OC(C)(C)Cn1c(C(=O)O)cc2ccccc21)(C(C)C)C(C)C. The molecular formula is C50H74N4O6Si. The first-order chi connectivity index (χ1) is 28.4. The Morgan fingerprint density at radius 1 is 0.934 bits per heavy atom. The molecule has 11 heteroatoms. The number of carboxylic acids is 1. The Bertz CT molecular complexity index is 2060. The van der Waals surface area contributed by atoms with E-state index in [9.17, 15) is 29.9 Å². The Kier molecular flexibility index (Phi) is 16.1. The smallest absolute Gasteiger partial charge is 0.352 e. The van der Waals surface area contributed by atoms with Crippen LogP contribution < -0.4 is 10.6 Å². The van der Waals surface area contributed by atoms with Gasteiger partial charge in [-0.2, -0.15) is 5.26 Å². The van der Waals surface area contributed by atoms with Crippen LogP contribution in [0.5, 0.6) is 0 Å². The lowest BCUT2D eigenvalue weighted by atomic mass is 9.71. The standard InChI is InChI=1S/C28H39N3O3.C22H35NO3Si/c1-18(2)14-20(16-29)30-25(32)21-11-7-9-13-24(21)31-26(33)23-15-19-10-6-8-12-22(19)28(23,5)17-27(3,4)34;1-15(2)27(16(3)4,17(5)6)26-22(7,8)14-23-19-12-10-9-11-18(19)13-20(23)21(24)25/h6,8,10,12,15,18,20-21,24,34H,7,9,11,13-14,17H2,1-5H3,(H,30,32)(H,31,33);9-13,15-17H,14H2,1-8H3,(H,24,25)/t20-,21+,24-,28?;/m0./s1. The molecule has 61 heavy (non-hydrogen) atoms. The van der Waals surface area contributed by atoms with E-state index in [2.05, 4.69) is 72.1 Å². The van der Waals surface area contributed by atoms with Crippen LogP contribution >= 0.6 is 0 Å². The molecule has 2 aliphatic rings. The number of nitriles is 1. The molecule has 2 aliphatic carbocycles. The minimum Gasteiger partial charge on any atom is -0.477 e. The number of hydrogen-bond donors (Lipinski definition) is 4. The number of aromatic carboxylic acids is 1. The number of aromatic nitrogens is 1. The van der Waals surface area contributed by atoms with Crippen LogP contribution in [0.1, 0.15) is 150 Å². The molecule has 1 saturated carbocycles. The topological polar surface area (TPSA) is 154 Å². The van der Waals surface area contributed by atoms with E-state index in [0.717, 1.165) is 41.3 Å². The van der Waals surface area contributed by atoms with Crippen molar-refractivity contribution in [3.63, 3.8) is 0 Å². The van der Waals surface area contributed by atoms with E-state index in [1.165, 1.54) is 0 Å². The van der Waals surface area contributed by atoms with E-state index in [0.29, 0.717) is 59.6 Å². The first-order valence-corrected chi connectivity index (χ1v) is 24.6. The van der Waals surface area contributed by atoms with Crippen molar-refractivity contribution in [3.8, 4) is 6.07 Å². The predicted molar refractivity (Wildman–Crippen MR) is 249 cm³/mol. The summed E-state index contributed by atoms with van der Waals surface area (Å²) in [6.45, 7) is 27.9. The number of fused-ring (bicyclic) bond motifs is 2. The predicted octanol–water partition coefficient (Wildman–Crippen LogP) is 10.5. The van der Waals surface area contributed by atoms with Crippen molar-refractivity contribution < 1.29 is 29.0 Å². The summed E-state index contributed by atoms with van der Waals surface area (Å²) in [6.07, 6.45) is 6.22. The molecule has 5 rings (SSSR count). The minimum absolute atomic E-state index is 0.153. The van der Waals surface area contributed by atoms with Crippen molar-refractivity contribution >= 4 is 43.1 Å². The number of nitrogens with zero attached hydrogens (tertiary/aromatic N) is 2. The van der Waals surface area contributed by atoms with Gasteiger partial charge in [-0.25, -0.2) is 4.79 Å². The second-order valence-electron chi connectivity index (χ2n) is 20.4. The van der Waals surface area contributed by atoms with E-state index in [1.807, 2.05) is 79.9 Å². The molecule has 4 atom stereocenters. The lowest BCUT2D eigenvalue weighted by molar-refractivity contribution is -0.128. The van der Waals surface area contributed by atoms with Crippen LogP contribution in [-0.2, 0) is 26.0 Å². The summed E-state index contributed by atoms with van der Waals surface area (Å²) in [5.74, 6) is -1.30. The molecule has 10 nitrogen and oxygen atoms in total. The summed E-state index contributed by atoms with van der Waals surface area (Å²) in [6, 6.07) is 18.9. The van der Waals surface area contributed by atoms with Crippen molar-refractivity contribution in [1.29, 1.82) is 5.26 Å². The molecule has 0 bridgehead atoms. The Morgan fingerprint density at radius 2 is 1.52 bits per heavy atom. The van der Waals surface area contributed by atoms with Gasteiger partial charge in [0.15, 0.2) is 0 Å². The van der Waals surface area contributed by atoms with Gasteiger partial charge >= 0.3 is 5.97 Å². The van der Waals surface area contributed by atoms with Crippen molar-refractivity contribution in [3.05, 3.63) is 77.0 Å². The summed E-state index contributed by atoms with van der Waals surface area (Å²) < 4.78 is 8.89. The fourth-order valence-electron chi connectivity index (χ4n) is 10.5. The molecule has 1 fully saturated rings. The van der Waals surface area contributed by atoms with E-state index < -0.39 is 36.9 Å². The first-order valence-electron chi connectivity index (χ1n) is 22.4. The molecular weight excluding hydrogens is 781 g/mol. The highest BCUT2D eigenvalue weighted by molar-refractivity contribution is 6.77. The van der Waals surface area contributed by atoms with E-state index in [1.54, 1.807) is 19.9 Å². The van der Waals surface area contributed by atoms with Gasteiger partial charge in [-0.15, -0.1) is 0 Å². The van der Waals surface area contributed by atoms with Crippen LogP contribution in [0.3, 0.4) is 0 Å². The summed E-state index contributed by atoms with van der Waals surface area (Å²) in [5.41, 5.74) is 3.30. The number of carboxylic acid groups (broad SMARTS) is 1. The van der Waals surface area contributed by atoms with Crippen LogP contribution in [0.15, 0.2) is 60.2 Å². The summed E-state index contributed by atoms with van der Waals surface area (Å²) in [5, 5.41) is 36.8. The van der Waals surface area contributed by atoms with Crippen molar-refractivity contribution in [2.45, 2.75) is 180 Å². The van der Waals surface area contributed by atoms with Crippen LogP contribution in [0.2, 0.25) is 16.6 Å². The largest absolute Gasteiger partial charge is 0.477 e. The van der Waals surface area contributed by atoms with Crippen LogP contribution in [0.25, 0.3) is 17.0 Å². The monoisotopic (exact) mass is 855 g/mol. The number of para-hydroxylation sites is 1. The highest BCUT2D eigenvalue weighted by atomic mass is 28.4. The lowest BCUT2D eigenvalue weighted by Crippen LogP contribution is -2.54. The molecule has 0 saturated heterocycles. The van der Waals surface area contributed by atoms with Crippen LogP contribution in [-0.4, -0.2) is 64.2 Å². The molecule has 334 valence electrons. The number of amides is 2. The van der Waals surface area contributed by atoms with Gasteiger partial charge in [0.1, 0.15) is 11.7 Å². The quantitative estimate of drug-likeness (QED) is 0.105. The molecule has 2 aromatic carbocycles. The maximum Gasteiger partial charge on any atom is 0.352 e. The number of rotatable bonds is 16. The summed E-state index contributed by atoms with van der Waals surface area (Å²) in [4.78, 5) is 38.6. The summed E-state index contributed by atoms with van der Waals surface area (Å²) >= 11 is 0. The van der Waals surface area contributed by atoms with Gasteiger partial charge in [0, 0.05) is 27.9 Å². The summed E-state index contributed by atoms with van der Waals surface area (Å²) in [7, 11) is -2.07. The number of hydrogen-bond acceptors (Lipinski definition) is 6. The second-order valence-corrected chi connectivity index (χ2v) is 25.8. The van der Waals surface area contributed by atoms with Gasteiger partial charge in [0.05, 0.1) is 29.7 Å².